The van der Waals surface area contributed by atoms with Crippen LogP contribution in [0.3, 0.4) is 0 Å². The minimum absolute atomic E-state index is 0.0621. The number of carbonyl (C=O) groups excluding carboxylic acids is 1. The van der Waals surface area contributed by atoms with Crippen LogP contribution in [0.1, 0.15) is 16.1 Å². The molecule has 2 aromatic rings. The molecule has 0 spiro atoms. The zero-order chi connectivity index (χ0) is 14.9. The van der Waals surface area contributed by atoms with E-state index in [0.717, 1.165) is 0 Å². The number of rotatable bonds is 2. The largest absolute Gasteiger partial charge is 0.464 e. The molecule has 0 fully saturated rings. The molecule has 0 unspecified atom stereocenters. The molecule has 20 heavy (non-hydrogen) atoms. The number of benzene rings is 1. The molecule has 0 saturated carbocycles. The number of nitrogens with zero attached hydrogens (tertiary/aromatic N) is 2. The zero-order valence-electron chi connectivity index (χ0n) is 10.4. The maximum absolute atomic E-state index is 11.9. The fraction of sp³-hybridized carbons (Fsp3) is 0.0769. The number of aromatic nitrogens is 1. The standard InChI is InChI=1S/C13H10ClN3O2S/c1-19-13(18)12-11(16)7(5-15)6-17(12)9-4-8(14)2-3-10(9)20/h2-4,6,20H,16H2,1H3. The first-order valence-electron chi connectivity index (χ1n) is 5.47. The summed E-state index contributed by atoms with van der Waals surface area (Å²) in [5.74, 6) is -0.642. The smallest absolute Gasteiger partial charge is 0.357 e. The Kier molecular flexibility index (Phi) is 3.93. The number of ether oxygens (including phenoxy) is 1. The SMILES string of the molecule is COC(=O)c1c(N)c(C#N)cn1-c1cc(Cl)ccc1S. The average Bonchev–Trinajstić information content (AvgIpc) is 2.77. The molecule has 0 saturated heterocycles. The number of hydrogen-bond acceptors (Lipinski definition) is 5. The fourth-order valence-electron chi connectivity index (χ4n) is 1.79. The van der Waals surface area contributed by atoms with E-state index in [-0.39, 0.29) is 16.9 Å². The van der Waals surface area contributed by atoms with E-state index in [1.807, 2.05) is 6.07 Å². The molecular formula is C13H10ClN3O2S. The Labute approximate surface area is 125 Å². The number of methoxy groups -OCH3 is 1. The van der Waals surface area contributed by atoms with E-state index in [1.165, 1.54) is 17.9 Å². The van der Waals surface area contributed by atoms with E-state index in [9.17, 15) is 4.79 Å². The molecule has 5 nitrogen and oxygen atoms in total. The van der Waals surface area contributed by atoms with Crippen LogP contribution in [-0.2, 0) is 4.74 Å². The van der Waals surface area contributed by atoms with Gasteiger partial charge in [-0.15, -0.1) is 12.6 Å². The van der Waals surface area contributed by atoms with Crippen molar-refractivity contribution in [2.75, 3.05) is 12.8 Å². The molecule has 0 atom stereocenters. The summed E-state index contributed by atoms with van der Waals surface area (Å²) in [5, 5.41) is 9.51. The number of esters is 1. The van der Waals surface area contributed by atoms with Gasteiger partial charge in [-0.3, -0.25) is 0 Å². The van der Waals surface area contributed by atoms with E-state index in [1.54, 1.807) is 18.2 Å². The molecule has 102 valence electrons. The lowest BCUT2D eigenvalue weighted by molar-refractivity contribution is 0.0593. The summed E-state index contributed by atoms with van der Waals surface area (Å²) >= 11 is 10.3. The van der Waals surface area contributed by atoms with Gasteiger partial charge >= 0.3 is 5.97 Å². The summed E-state index contributed by atoms with van der Waals surface area (Å²) in [4.78, 5) is 12.4. The van der Waals surface area contributed by atoms with E-state index in [2.05, 4.69) is 12.6 Å². The van der Waals surface area contributed by atoms with E-state index < -0.39 is 5.97 Å². The maximum Gasteiger partial charge on any atom is 0.357 e. The minimum Gasteiger partial charge on any atom is -0.464 e. The number of nitrogen functional groups attached to an aromatic ring is 1. The fourth-order valence-corrected chi connectivity index (χ4v) is 2.21. The van der Waals surface area contributed by atoms with Crippen LogP contribution in [0.2, 0.25) is 5.02 Å². The summed E-state index contributed by atoms with van der Waals surface area (Å²) in [6.45, 7) is 0. The average molecular weight is 308 g/mol. The first kappa shape index (κ1) is 14.3. The van der Waals surface area contributed by atoms with E-state index in [4.69, 9.17) is 27.3 Å². The van der Waals surface area contributed by atoms with Crippen LogP contribution in [0.25, 0.3) is 5.69 Å². The highest BCUT2D eigenvalue weighted by atomic mass is 35.5. The van der Waals surface area contributed by atoms with Crippen molar-refractivity contribution in [3.05, 3.63) is 40.7 Å². The van der Waals surface area contributed by atoms with Crippen LogP contribution in [0.4, 0.5) is 5.69 Å². The van der Waals surface area contributed by atoms with Crippen molar-refractivity contribution >= 4 is 35.9 Å². The summed E-state index contributed by atoms with van der Waals surface area (Å²) in [7, 11) is 1.24. The highest BCUT2D eigenvalue weighted by molar-refractivity contribution is 7.80. The highest BCUT2D eigenvalue weighted by Gasteiger charge is 2.22. The number of carbonyl (C=O) groups is 1. The lowest BCUT2D eigenvalue weighted by Crippen LogP contribution is -2.11. The van der Waals surface area contributed by atoms with Crippen molar-refractivity contribution < 1.29 is 9.53 Å². The number of nitrogens with two attached hydrogens (primary N) is 1. The van der Waals surface area contributed by atoms with Gasteiger partial charge < -0.3 is 15.0 Å². The number of thiol groups is 1. The molecule has 0 aliphatic carbocycles. The quantitative estimate of drug-likeness (QED) is 0.660. The molecule has 1 heterocycles. The van der Waals surface area contributed by atoms with Gasteiger partial charge in [0, 0.05) is 16.1 Å². The predicted molar refractivity (Wildman–Crippen MR) is 78.5 cm³/mol. The van der Waals surface area contributed by atoms with Gasteiger partial charge in [-0.05, 0) is 18.2 Å². The van der Waals surface area contributed by atoms with Crippen LogP contribution in [0.5, 0.6) is 0 Å². The normalized spacial score (nSPS) is 10.1. The minimum atomic E-state index is -0.642. The third-order valence-corrected chi connectivity index (χ3v) is 3.35. The summed E-state index contributed by atoms with van der Waals surface area (Å²) in [6, 6.07) is 6.90. The third-order valence-electron chi connectivity index (χ3n) is 2.74. The maximum atomic E-state index is 11.9. The van der Waals surface area contributed by atoms with Gasteiger partial charge in [-0.2, -0.15) is 5.26 Å². The molecule has 0 amide bonds. The monoisotopic (exact) mass is 307 g/mol. The van der Waals surface area contributed by atoms with Crippen LogP contribution in [0.15, 0.2) is 29.3 Å². The molecule has 0 bridgehead atoms. The van der Waals surface area contributed by atoms with Crippen molar-refractivity contribution in [3.63, 3.8) is 0 Å². The first-order valence-corrected chi connectivity index (χ1v) is 6.30. The molecule has 0 radical (unpaired) electrons. The second-order valence-corrected chi connectivity index (χ2v) is 4.83. The third kappa shape index (κ3) is 2.33. The van der Waals surface area contributed by atoms with Crippen molar-refractivity contribution in [2.24, 2.45) is 0 Å². The second kappa shape index (κ2) is 5.49. The topological polar surface area (TPSA) is 81.0 Å². The van der Waals surface area contributed by atoms with Gasteiger partial charge in [-0.1, -0.05) is 11.6 Å². The molecular weight excluding hydrogens is 298 g/mol. The van der Waals surface area contributed by atoms with Crippen molar-refractivity contribution in [2.45, 2.75) is 4.90 Å². The number of nitriles is 1. The van der Waals surface area contributed by atoms with E-state index in [0.29, 0.717) is 15.6 Å². The molecule has 0 aliphatic rings. The Morgan fingerprint density at radius 2 is 2.25 bits per heavy atom. The molecule has 0 aliphatic heterocycles. The highest BCUT2D eigenvalue weighted by Crippen LogP contribution is 2.29. The summed E-state index contributed by atoms with van der Waals surface area (Å²) < 4.78 is 6.15. The number of anilines is 1. The van der Waals surface area contributed by atoms with Crippen LogP contribution < -0.4 is 5.73 Å². The summed E-state index contributed by atoms with van der Waals surface area (Å²) in [6.07, 6.45) is 1.45. The van der Waals surface area contributed by atoms with Gasteiger partial charge in [0.25, 0.3) is 0 Å². The van der Waals surface area contributed by atoms with Crippen LogP contribution >= 0.6 is 24.2 Å². The van der Waals surface area contributed by atoms with Gasteiger partial charge in [0.05, 0.1) is 24.0 Å². The predicted octanol–water partition coefficient (Wildman–Crippen LogP) is 2.66. The Balaban J connectivity index is 2.77. The Hall–Kier alpha value is -2.10. The Morgan fingerprint density at radius 1 is 1.55 bits per heavy atom. The van der Waals surface area contributed by atoms with Gasteiger partial charge in [0.2, 0.25) is 0 Å². The van der Waals surface area contributed by atoms with Crippen LogP contribution in [0, 0.1) is 11.3 Å². The van der Waals surface area contributed by atoms with Crippen LogP contribution in [-0.4, -0.2) is 17.6 Å². The number of hydrogen-bond donors (Lipinski definition) is 2. The molecule has 7 heteroatoms. The van der Waals surface area contributed by atoms with Crippen molar-refractivity contribution in [1.82, 2.24) is 4.57 Å². The Morgan fingerprint density at radius 3 is 2.85 bits per heavy atom. The van der Waals surface area contributed by atoms with E-state index >= 15 is 0 Å². The number of halogens is 1. The van der Waals surface area contributed by atoms with Crippen molar-refractivity contribution in [3.8, 4) is 11.8 Å². The lowest BCUT2D eigenvalue weighted by atomic mass is 10.2. The zero-order valence-corrected chi connectivity index (χ0v) is 12.1. The molecule has 1 aromatic heterocycles. The Bertz CT molecular complexity index is 734. The lowest BCUT2D eigenvalue weighted by Gasteiger charge is -2.11. The van der Waals surface area contributed by atoms with Crippen molar-refractivity contribution in [1.29, 1.82) is 5.26 Å². The summed E-state index contributed by atoms with van der Waals surface area (Å²) in [5.41, 5.74) is 6.66. The first-order chi connectivity index (χ1) is 9.49. The van der Waals surface area contributed by atoms with Gasteiger partial charge in [0.1, 0.15) is 6.07 Å². The molecule has 2 rings (SSSR count). The second-order valence-electron chi connectivity index (χ2n) is 3.91. The molecule has 2 N–H and O–H groups in total. The van der Waals surface area contributed by atoms with Gasteiger partial charge in [-0.25, -0.2) is 4.79 Å². The van der Waals surface area contributed by atoms with Gasteiger partial charge in [0.15, 0.2) is 5.69 Å². The molecule has 1 aromatic carbocycles.